The quantitative estimate of drug-likeness (QED) is 0.204. The molecule has 0 aromatic heterocycles. The Labute approximate surface area is 105 Å². The third kappa shape index (κ3) is 11.8. The van der Waals surface area contributed by atoms with Crippen molar-refractivity contribution in [1.82, 2.24) is 0 Å². The van der Waals surface area contributed by atoms with Gasteiger partial charge in [-0.3, -0.25) is 0 Å². The summed E-state index contributed by atoms with van der Waals surface area (Å²) in [5, 5.41) is 0. The first-order chi connectivity index (χ1) is 7.31. The van der Waals surface area contributed by atoms with E-state index in [1.54, 1.807) is 0 Å². The molecule has 0 spiro atoms. The standard InChI is InChI=1S/C11H19IO3/c1-2-11(13)15-10-9-14-8-6-4-3-5-7-12/h2H,1,3-10H2. The summed E-state index contributed by atoms with van der Waals surface area (Å²) in [6.07, 6.45) is 6.03. The fourth-order valence-electron chi connectivity index (χ4n) is 1.01. The van der Waals surface area contributed by atoms with Crippen molar-refractivity contribution in [2.24, 2.45) is 0 Å². The lowest BCUT2D eigenvalue weighted by atomic mass is 10.2. The average Bonchev–Trinajstić information content (AvgIpc) is 2.26. The largest absolute Gasteiger partial charge is 0.460 e. The Morgan fingerprint density at radius 1 is 1.13 bits per heavy atom. The van der Waals surface area contributed by atoms with Gasteiger partial charge in [-0.2, -0.15) is 0 Å². The smallest absolute Gasteiger partial charge is 0.330 e. The molecule has 0 radical (unpaired) electrons. The number of halogens is 1. The van der Waals surface area contributed by atoms with E-state index in [1.807, 2.05) is 0 Å². The van der Waals surface area contributed by atoms with Gasteiger partial charge >= 0.3 is 5.97 Å². The maximum Gasteiger partial charge on any atom is 0.330 e. The van der Waals surface area contributed by atoms with Crippen LogP contribution in [0, 0.1) is 0 Å². The number of esters is 1. The molecule has 0 unspecified atom stereocenters. The van der Waals surface area contributed by atoms with E-state index in [-0.39, 0.29) is 5.97 Å². The SMILES string of the molecule is C=CC(=O)OCCOCCCCCCI. The van der Waals surface area contributed by atoms with Crippen LogP contribution < -0.4 is 0 Å². The molecule has 0 saturated carbocycles. The first-order valence-corrected chi connectivity index (χ1v) is 6.76. The number of hydrogen-bond donors (Lipinski definition) is 0. The van der Waals surface area contributed by atoms with Crippen molar-refractivity contribution in [1.29, 1.82) is 0 Å². The molecule has 4 heteroatoms. The van der Waals surface area contributed by atoms with E-state index in [0.717, 1.165) is 19.1 Å². The number of carbonyl (C=O) groups excluding carboxylic acids is 1. The Morgan fingerprint density at radius 2 is 1.87 bits per heavy atom. The van der Waals surface area contributed by atoms with E-state index in [1.165, 1.54) is 23.7 Å². The van der Waals surface area contributed by atoms with Crippen LogP contribution >= 0.6 is 22.6 Å². The molecule has 0 heterocycles. The van der Waals surface area contributed by atoms with Crippen LogP contribution in [0.25, 0.3) is 0 Å². The maximum absolute atomic E-state index is 10.6. The van der Waals surface area contributed by atoms with Gasteiger partial charge in [-0.1, -0.05) is 42.0 Å². The van der Waals surface area contributed by atoms with Crippen molar-refractivity contribution in [3.63, 3.8) is 0 Å². The third-order valence-electron chi connectivity index (χ3n) is 1.81. The lowest BCUT2D eigenvalue weighted by Crippen LogP contribution is -2.08. The molecule has 0 rings (SSSR count). The van der Waals surface area contributed by atoms with Crippen LogP contribution in [0.2, 0.25) is 0 Å². The first-order valence-electron chi connectivity index (χ1n) is 5.24. The van der Waals surface area contributed by atoms with Crippen molar-refractivity contribution in [2.75, 3.05) is 24.2 Å². The van der Waals surface area contributed by atoms with Crippen LogP contribution in [0.1, 0.15) is 25.7 Å². The van der Waals surface area contributed by atoms with Crippen molar-refractivity contribution in [3.8, 4) is 0 Å². The highest BCUT2D eigenvalue weighted by atomic mass is 127. The molecule has 0 N–H and O–H groups in total. The second kappa shape index (κ2) is 12.0. The highest BCUT2D eigenvalue weighted by Gasteiger charge is 1.95. The number of ether oxygens (including phenoxy) is 2. The normalized spacial score (nSPS) is 9.93. The minimum absolute atomic E-state index is 0.318. The second-order valence-corrected chi connectivity index (χ2v) is 4.17. The summed E-state index contributed by atoms with van der Waals surface area (Å²) in [5.41, 5.74) is 0. The lowest BCUT2D eigenvalue weighted by molar-refractivity contribution is -0.139. The van der Waals surface area contributed by atoms with Gasteiger partial charge in [0.15, 0.2) is 0 Å². The fraction of sp³-hybridized carbons (Fsp3) is 0.727. The summed E-state index contributed by atoms with van der Waals surface area (Å²) in [4.78, 5) is 10.6. The second-order valence-electron chi connectivity index (χ2n) is 3.09. The van der Waals surface area contributed by atoms with Crippen molar-refractivity contribution in [3.05, 3.63) is 12.7 Å². The predicted molar refractivity (Wildman–Crippen MR) is 69.3 cm³/mol. The van der Waals surface area contributed by atoms with E-state index < -0.39 is 0 Å². The highest BCUT2D eigenvalue weighted by Crippen LogP contribution is 2.02. The molecule has 0 aromatic rings. The topological polar surface area (TPSA) is 35.5 Å². The molecule has 3 nitrogen and oxygen atoms in total. The zero-order valence-corrected chi connectivity index (χ0v) is 11.2. The van der Waals surface area contributed by atoms with Crippen LogP contribution in [0.15, 0.2) is 12.7 Å². The molecule has 0 aliphatic heterocycles. The molecular weight excluding hydrogens is 307 g/mol. The number of unbranched alkanes of at least 4 members (excludes halogenated alkanes) is 3. The zero-order chi connectivity index (χ0) is 11.4. The van der Waals surface area contributed by atoms with Crippen molar-refractivity contribution < 1.29 is 14.3 Å². The summed E-state index contributed by atoms with van der Waals surface area (Å²) in [5.74, 6) is -0.388. The molecule has 88 valence electrons. The molecule has 0 fully saturated rings. The van der Waals surface area contributed by atoms with Crippen molar-refractivity contribution >= 4 is 28.6 Å². The molecule has 15 heavy (non-hydrogen) atoms. The molecular formula is C11H19IO3. The number of alkyl halides is 1. The van der Waals surface area contributed by atoms with E-state index in [4.69, 9.17) is 9.47 Å². The molecule has 0 aromatic carbocycles. The Kier molecular flexibility index (Phi) is 11.9. The molecule has 0 saturated heterocycles. The third-order valence-corrected chi connectivity index (χ3v) is 2.57. The van der Waals surface area contributed by atoms with Gasteiger partial charge in [0.1, 0.15) is 6.61 Å². The summed E-state index contributed by atoms with van der Waals surface area (Å²) in [7, 11) is 0. The monoisotopic (exact) mass is 326 g/mol. The van der Waals surface area contributed by atoms with Crippen LogP contribution in [0.4, 0.5) is 0 Å². The van der Waals surface area contributed by atoms with E-state index in [2.05, 4.69) is 29.2 Å². The molecule has 0 amide bonds. The Bertz CT molecular complexity index is 171. The Hall–Kier alpha value is -0.100. The van der Waals surface area contributed by atoms with Gasteiger partial charge in [0.05, 0.1) is 6.61 Å². The highest BCUT2D eigenvalue weighted by molar-refractivity contribution is 14.1. The van der Waals surface area contributed by atoms with Gasteiger partial charge in [0.25, 0.3) is 0 Å². The van der Waals surface area contributed by atoms with E-state index in [9.17, 15) is 4.79 Å². The maximum atomic E-state index is 10.6. The lowest BCUT2D eigenvalue weighted by Gasteiger charge is -2.04. The van der Waals surface area contributed by atoms with Gasteiger partial charge in [0.2, 0.25) is 0 Å². The summed E-state index contributed by atoms with van der Waals surface area (Å²) >= 11 is 2.39. The van der Waals surface area contributed by atoms with Crippen LogP contribution in [0.5, 0.6) is 0 Å². The summed E-state index contributed by atoms with van der Waals surface area (Å²) in [6, 6.07) is 0. The minimum atomic E-state index is -0.388. The number of hydrogen-bond acceptors (Lipinski definition) is 3. The van der Waals surface area contributed by atoms with Crippen LogP contribution in [-0.4, -0.2) is 30.2 Å². The van der Waals surface area contributed by atoms with Gasteiger partial charge in [0, 0.05) is 12.7 Å². The summed E-state index contributed by atoms with van der Waals surface area (Å²) < 4.78 is 11.3. The zero-order valence-electron chi connectivity index (χ0n) is 9.04. The predicted octanol–water partition coefficient (Wildman–Crippen LogP) is 2.73. The summed E-state index contributed by atoms with van der Waals surface area (Å²) in [6.45, 7) is 4.85. The first kappa shape index (κ1) is 14.9. The van der Waals surface area contributed by atoms with Gasteiger partial charge in [-0.15, -0.1) is 0 Å². The number of rotatable bonds is 10. The van der Waals surface area contributed by atoms with Crippen LogP contribution in [-0.2, 0) is 14.3 Å². The van der Waals surface area contributed by atoms with E-state index in [0.29, 0.717) is 13.2 Å². The molecule has 0 bridgehead atoms. The molecule has 0 aliphatic carbocycles. The fourth-order valence-corrected chi connectivity index (χ4v) is 1.55. The Morgan fingerprint density at radius 3 is 2.53 bits per heavy atom. The minimum Gasteiger partial charge on any atom is -0.460 e. The van der Waals surface area contributed by atoms with Crippen molar-refractivity contribution in [2.45, 2.75) is 25.7 Å². The molecule has 0 atom stereocenters. The van der Waals surface area contributed by atoms with E-state index >= 15 is 0 Å². The van der Waals surface area contributed by atoms with Gasteiger partial charge in [-0.05, 0) is 17.3 Å². The Balaban J connectivity index is 2.98. The number of carbonyl (C=O) groups is 1. The van der Waals surface area contributed by atoms with Gasteiger partial charge < -0.3 is 9.47 Å². The average molecular weight is 326 g/mol. The molecule has 0 aliphatic rings. The van der Waals surface area contributed by atoms with Gasteiger partial charge in [-0.25, -0.2) is 4.79 Å². The van der Waals surface area contributed by atoms with Crippen LogP contribution in [0.3, 0.4) is 0 Å².